The van der Waals surface area contributed by atoms with Crippen LogP contribution in [-0.2, 0) is 16.4 Å². The quantitative estimate of drug-likeness (QED) is 0.810. The summed E-state index contributed by atoms with van der Waals surface area (Å²) in [6, 6.07) is 6.39. The minimum absolute atomic E-state index is 0.0727. The van der Waals surface area contributed by atoms with Crippen molar-refractivity contribution in [2.75, 3.05) is 0 Å². The molecule has 2 N–H and O–H groups in total. The van der Waals surface area contributed by atoms with E-state index in [1.54, 1.807) is 18.2 Å². The van der Waals surface area contributed by atoms with Gasteiger partial charge in [-0.25, -0.2) is 13.6 Å². The summed E-state index contributed by atoms with van der Waals surface area (Å²) in [6.45, 7) is 7.54. The molecule has 0 unspecified atom stereocenters. The Labute approximate surface area is 142 Å². The summed E-state index contributed by atoms with van der Waals surface area (Å²) in [5.74, 6) is 0.656. The van der Waals surface area contributed by atoms with E-state index in [-0.39, 0.29) is 4.90 Å². The van der Waals surface area contributed by atoms with E-state index in [0.29, 0.717) is 12.2 Å². The molecule has 1 heterocycles. The van der Waals surface area contributed by atoms with Gasteiger partial charge in [-0.15, -0.1) is 0 Å². The highest BCUT2D eigenvalue weighted by molar-refractivity contribution is 7.89. The minimum atomic E-state index is -3.71. The Morgan fingerprint density at radius 1 is 1.29 bits per heavy atom. The molecule has 0 atom stereocenters. The monoisotopic (exact) mass is 344 g/mol. The molecule has 24 heavy (non-hydrogen) atoms. The summed E-state index contributed by atoms with van der Waals surface area (Å²) >= 11 is 0. The maximum atomic E-state index is 11.4. The molecule has 0 aliphatic rings. The predicted octanol–water partition coefficient (Wildman–Crippen LogP) is 3.70. The van der Waals surface area contributed by atoms with Crippen LogP contribution < -0.4 is 5.14 Å². The van der Waals surface area contributed by atoms with Gasteiger partial charge in [-0.05, 0) is 36.6 Å². The summed E-state index contributed by atoms with van der Waals surface area (Å²) in [5, 5.41) is 9.27. The Bertz CT molecular complexity index is 889. The molecule has 1 aromatic carbocycles. The summed E-state index contributed by atoms with van der Waals surface area (Å²) in [6.07, 6.45) is 7.98. The first kappa shape index (κ1) is 17.9. The second-order valence-corrected chi connectivity index (χ2v) is 6.79. The van der Waals surface area contributed by atoms with Gasteiger partial charge in [0, 0.05) is 0 Å². The van der Waals surface area contributed by atoms with Crippen molar-refractivity contribution >= 4 is 15.6 Å². The van der Waals surface area contributed by atoms with Gasteiger partial charge in [-0.3, -0.25) is 0 Å². The number of primary sulfonamides is 1. The van der Waals surface area contributed by atoms with Gasteiger partial charge in [0.05, 0.1) is 16.2 Å². The Balaban J connectivity index is 2.53. The third-order valence-electron chi connectivity index (χ3n) is 3.52. The van der Waals surface area contributed by atoms with Crippen LogP contribution in [-0.4, -0.2) is 13.6 Å². The van der Waals surface area contributed by atoms with E-state index in [9.17, 15) is 8.42 Å². The van der Waals surface area contributed by atoms with Crippen molar-refractivity contribution in [2.45, 2.75) is 25.2 Å². The highest BCUT2D eigenvalue weighted by atomic mass is 32.2. The normalized spacial score (nSPS) is 12.7. The van der Waals surface area contributed by atoms with Gasteiger partial charge in [0.25, 0.3) is 0 Å². The molecule has 0 aliphatic heterocycles. The second-order valence-electron chi connectivity index (χ2n) is 5.23. The third kappa shape index (κ3) is 3.90. The van der Waals surface area contributed by atoms with Crippen LogP contribution in [0, 0.1) is 0 Å². The van der Waals surface area contributed by atoms with Gasteiger partial charge in [0.1, 0.15) is 0 Å². The average Bonchev–Trinajstić information content (AvgIpc) is 2.98. The number of hydrogen-bond donors (Lipinski definition) is 1. The molecule has 0 bridgehead atoms. The van der Waals surface area contributed by atoms with Crippen LogP contribution in [0.15, 0.2) is 64.6 Å². The van der Waals surface area contributed by atoms with Gasteiger partial charge in [-0.2, -0.15) is 0 Å². The lowest BCUT2D eigenvalue weighted by atomic mass is 9.99. The molecule has 5 nitrogen and oxygen atoms in total. The third-order valence-corrected chi connectivity index (χ3v) is 4.45. The van der Waals surface area contributed by atoms with Gasteiger partial charge in [0.2, 0.25) is 10.0 Å². The van der Waals surface area contributed by atoms with Gasteiger partial charge < -0.3 is 4.52 Å². The molecule has 2 aromatic rings. The number of allylic oxidation sites excluding steroid dienone is 5. The van der Waals surface area contributed by atoms with E-state index in [0.717, 1.165) is 22.4 Å². The Morgan fingerprint density at radius 2 is 1.96 bits per heavy atom. The number of aryl methyl sites for hydroxylation is 1. The molecule has 0 spiro atoms. The molecule has 6 heteroatoms. The zero-order valence-corrected chi connectivity index (χ0v) is 14.5. The summed E-state index contributed by atoms with van der Waals surface area (Å²) in [5.41, 5.74) is 3.41. The summed E-state index contributed by atoms with van der Waals surface area (Å²) in [7, 11) is -3.71. The van der Waals surface area contributed by atoms with Crippen molar-refractivity contribution in [1.82, 2.24) is 5.16 Å². The SMILES string of the molecule is C=C/C=C\C=C(/C)c1onc(CC)c1-c1ccc(S(N)(=O)=O)cc1. The van der Waals surface area contributed by atoms with E-state index in [4.69, 9.17) is 9.66 Å². The standard InChI is InChI=1S/C18H20N2O3S/c1-4-6-7-8-13(3)18-17(16(5-2)20-23-18)14-9-11-15(12-10-14)24(19,21)22/h4,6-12H,1,5H2,2-3H3,(H2,19,21,22)/b7-6-,13-8+. The lowest BCUT2D eigenvalue weighted by molar-refractivity contribution is 0.403. The van der Waals surface area contributed by atoms with Crippen LogP contribution in [0.3, 0.4) is 0 Å². The van der Waals surface area contributed by atoms with Crippen LogP contribution in [0.25, 0.3) is 16.7 Å². The molecule has 0 saturated heterocycles. The summed E-state index contributed by atoms with van der Waals surface area (Å²) in [4.78, 5) is 0.0727. The van der Waals surface area contributed by atoms with Crippen LogP contribution in [0.1, 0.15) is 25.3 Å². The van der Waals surface area contributed by atoms with E-state index < -0.39 is 10.0 Å². The number of sulfonamides is 1. The van der Waals surface area contributed by atoms with E-state index >= 15 is 0 Å². The Hall–Kier alpha value is -2.44. The zero-order chi connectivity index (χ0) is 17.7. The van der Waals surface area contributed by atoms with E-state index in [2.05, 4.69) is 11.7 Å². The molecule has 2 rings (SSSR count). The van der Waals surface area contributed by atoms with Crippen molar-refractivity contribution < 1.29 is 12.9 Å². The maximum absolute atomic E-state index is 11.4. The van der Waals surface area contributed by atoms with Crippen molar-refractivity contribution in [3.05, 3.63) is 66.6 Å². The molecule has 0 radical (unpaired) electrons. The average molecular weight is 344 g/mol. The van der Waals surface area contributed by atoms with Gasteiger partial charge in [-0.1, -0.05) is 55.1 Å². The number of nitrogens with two attached hydrogens (primary N) is 1. The van der Waals surface area contributed by atoms with Crippen molar-refractivity contribution in [3.8, 4) is 11.1 Å². The predicted molar refractivity (Wildman–Crippen MR) is 95.7 cm³/mol. The van der Waals surface area contributed by atoms with Crippen molar-refractivity contribution in [3.63, 3.8) is 0 Å². The zero-order valence-electron chi connectivity index (χ0n) is 13.7. The van der Waals surface area contributed by atoms with E-state index in [1.807, 2.05) is 32.1 Å². The molecule has 0 amide bonds. The van der Waals surface area contributed by atoms with Gasteiger partial charge in [0.15, 0.2) is 5.76 Å². The number of benzene rings is 1. The molecule has 0 fully saturated rings. The molecule has 1 aromatic heterocycles. The van der Waals surface area contributed by atoms with Crippen LogP contribution in [0.4, 0.5) is 0 Å². The molecular formula is C18H20N2O3S. The highest BCUT2D eigenvalue weighted by Gasteiger charge is 2.18. The number of aromatic nitrogens is 1. The fraction of sp³-hybridized carbons (Fsp3) is 0.167. The molecule has 126 valence electrons. The lowest BCUT2D eigenvalue weighted by Crippen LogP contribution is -2.11. The smallest absolute Gasteiger partial charge is 0.238 e. The second kappa shape index (κ2) is 7.42. The fourth-order valence-corrected chi connectivity index (χ4v) is 2.81. The van der Waals surface area contributed by atoms with Crippen LogP contribution in [0.5, 0.6) is 0 Å². The van der Waals surface area contributed by atoms with Crippen molar-refractivity contribution in [1.29, 1.82) is 0 Å². The number of nitrogens with zero attached hydrogens (tertiary/aromatic N) is 1. The first-order valence-electron chi connectivity index (χ1n) is 7.46. The lowest BCUT2D eigenvalue weighted by Gasteiger charge is -2.05. The molecule has 0 saturated carbocycles. The Kier molecular flexibility index (Phi) is 5.54. The molecular weight excluding hydrogens is 324 g/mol. The maximum Gasteiger partial charge on any atom is 0.238 e. The first-order chi connectivity index (χ1) is 11.4. The molecule has 0 aliphatic carbocycles. The van der Waals surface area contributed by atoms with Crippen LogP contribution in [0.2, 0.25) is 0 Å². The minimum Gasteiger partial charge on any atom is -0.356 e. The Morgan fingerprint density at radius 3 is 2.50 bits per heavy atom. The van der Waals surface area contributed by atoms with E-state index in [1.165, 1.54) is 12.1 Å². The largest absolute Gasteiger partial charge is 0.356 e. The highest BCUT2D eigenvalue weighted by Crippen LogP contribution is 2.33. The first-order valence-corrected chi connectivity index (χ1v) is 9.01. The fourth-order valence-electron chi connectivity index (χ4n) is 2.30. The van der Waals surface area contributed by atoms with Crippen molar-refractivity contribution in [2.24, 2.45) is 5.14 Å². The topological polar surface area (TPSA) is 86.2 Å². The number of hydrogen-bond acceptors (Lipinski definition) is 4. The number of rotatable bonds is 6. The van der Waals surface area contributed by atoms with Crippen LogP contribution >= 0.6 is 0 Å². The summed E-state index contributed by atoms with van der Waals surface area (Å²) < 4.78 is 28.3. The van der Waals surface area contributed by atoms with Gasteiger partial charge >= 0.3 is 0 Å².